The van der Waals surface area contributed by atoms with Crippen molar-refractivity contribution in [2.45, 2.75) is 24.9 Å². The van der Waals surface area contributed by atoms with E-state index in [9.17, 15) is 0 Å². The minimum Gasteiger partial charge on any atom is -0.211 e. The van der Waals surface area contributed by atoms with Crippen LogP contribution in [-0.4, -0.2) is 15.7 Å². The van der Waals surface area contributed by atoms with Crippen molar-refractivity contribution in [3.63, 3.8) is 0 Å². The zero-order valence-electron chi connectivity index (χ0n) is 9.74. The molecule has 0 radical (unpaired) electrons. The molecule has 2 nitrogen and oxygen atoms in total. The van der Waals surface area contributed by atoms with Crippen LogP contribution < -0.4 is 0 Å². The first-order chi connectivity index (χ1) is 8.11. The summed E-state index contributed by atoms with van der Waals surface area (Å²) in [5.41, 5.74) is 0. The highest BCUT2D eigenvalue weighted by molar-refractivity contribution is 7.99. The third kappa shape index (κ3) is 2.81. The van der Waals surface area contributed by atoms with Gasteiger partial charge in [0.1, 0.15) is 9.98 Å². The number of thioether (sulfide) groups is 1. The van der Waals surface area contributed by atoms with Crippen LogP contribution in [-0.2, 0) is 0 Å². The number of nitrogens with zero attached hydrogens (tertiary/aromatic N) is 2. The molecular formula is C12H13ClN2S2. The topological polar surface area (TPSA) is 25.8 Å². The number of halogens is 1. The van der Waals surface area contributed by atoms with E-state index < -0.39 is 0 Å². The van der Waals surface area contributed by atoms with Crippen LogP contribution in [0.2, 0.25) is 5.15 Å². The summed E-state index contributed by atoms with van der Waals surface area (Å²) in [7, 11) is 0. The normalized spacial score (nSPS) is 11.3. The molecule has 0 aromatic carbocycles. The Morgan fingerprint density at radius 3 is 2.94 bits per heavy atom. The molecule has 0 bridgehead atoms. The predicted octanol–water partition coefficient (Wildman–Crippen LogP) is 4.75. The molecule has 2 rings (SSSR count). The van der Waals surface area contributed by atoms with Crippen LogP contribution in [0.1, 0.15) is 24.6 Å². The number of aromatic nitrogens is 2. The molecule has 0 saturated carbocycles. The largest absolute Gasteiger partial charge is 0.211 e. The molecule has 17 heavy (non-hydrogen) atoms. The molecule has 0 atom stereocenters. The van der Waals surface area contributed by atoms with E-state index in [1.165, 1.54) is 4.88 Å². The first kappa shape index (κ1) is 12.9. The van der Waals surface area contributed by atoms with Crippen LogP contribution >= 0.6 is 34.7 Å². The van der Waals surface area contributed by atoms with E-state index >= 15 is 0 Å². The summed E-state index contributed by atoms with van der Waals surface area (Å²) in [6.45, 7) is 8.01. The van der Waals surface area contributed by atoms with Crippen LogP contribution in [0.5, 0.6) is 0 Å². The van der Waals surface area contributed by atoms with Crippen molar-refractivity contribution in [1.82, 2.24) is 9.97 Å². The Morgan fingerprint density at radius 1 is 1.53 bits per heavy atom. The summed E-state index contributed by atoms with van der Waals surface area (Å²) in [6, 6.07) is 2.09. The Morgan fingerprint density at radius 2 is 2.29 bits per heavy atom. The van der Waals surface area contributed by atoms with Gasteiger partial charge in [-0.25, -0.2) is 9.97 Å². The molecule has 0 aliphatic rings. The van der Waals surface area contributed by atoms with Gasteiger partial charge in [0, 0.05) is 16.0 Å². The summed E-state index contributed by atoms with van der Waals surface area (Å²) in [4.78, 5) is 11.1. The Hall–Kier alpha value is -0.580. The molecule has 0 aliphatic heterocycles. The number of rotatable bonds is 4. The van der Waals surface area contributed by atoms with Crippen molar-refractivity contribution in [3.05, 3.63) is 28.8 Å². The monoisotopic (exact) mass is 284 g/mol. The quantitative estimate of drug-likeness (QED) is 0.351. The Bertz CT molecular complexity index is 549. The number of hydrogen-bond donors (Lipinski definition) is 0. The van der Waals surface area contributed by atoms with Crippen molar-refractivity contribution in [1.29, 1.82) is 0 Å². The third-order valence-electron chi connectivity index (χ3n) is 2.24. The maximum Gasteiger partial charge on any atom is 0.190 e. The fourth-order valence-corrected chi connectivity index (χ4v) is 3.37. The summed E-state index contributed by atoms with van der Waals surface area (Å²) in [6.07, 6.45) is 1.83. The van der Waals surface area contributed by atoms with Gasteiger partial charge in [0.15, 0.2) is 5.16 Å². The van der Waals surface area contributed by atoms with E-state index in [1.54, 1.807) is 23.1 Å². The highest BCUT2D eigenvalue weighted by atomic mass is 35.5. The average molecular weight is 285 g/mol. The molecule has 0 N–H and O–H groups in total. The molecule has 0 saturated heterocycles. The van der Waals surface area contributed by atoms with Crippen LogP contribution in [0, 0.1) is 0 Å². The summed E-state index contributed by atoms with van der Waals surface area (Å²) in [5.74, 6) is 1.29. The van der Waals surface area contributed by atoms with Crippen molar-refractivity contribution in [2.24, 2.45) is 0 Å². The van der Waals surface area contributed by atoms with Crippen LogP contribution in [0.3, 0.4) is 0 Å². The van der Waals surface area contributed by atoms with E-state index in [-0.39, 0.29) is 0 Å². The van der Waals surface area contributed by atoms with Gasteiger partial charge in [0.05, 0.1) is 0 Å². The van der Waals surface area contributed by atoms with E-state index in [2.05, 4.69) is 36.5 Å². The maximum absolute atomic E-state index is 6.18. The molecule has 0 aliphatic carbocycles. The van der Waals surface area contributed by atoms with Crippen molar-refractivity contribution in [3.8, 4) is 0 Å². The molecule has 0 fully saturated rings. The van der Waals surface area contributed by atoms with Crippen molar-refractivity contribution < 1.29 is 0 Å². The van der Waals surface area contributed by atoms with Crippen molar-refractivity contribution in [2.75, 3.05) is 5.75 Å². The van der Waals surface area contributed by atoms with Crippen LogP contribution in [0.4, 0.5) is 0 Å². The van der Waals surface area contributed by atoms with E-state index in [4.69, 9.17) is 11.6 Å². The smallest absolute Gasteiger partial charge is 0.190 e. The van der Waals surface area contributed by atoms with Crippen molar-refractivity contribution >= 4 is 44.9 Å². The molecule has 5 heteroatoms. The van der Waals surface area contributed by atoms with Gasteiger partial charge in [-0.2, -0.15) is 0 Å². The Labute approximate surface area is 114 Å². The van der Waals surface area contributed by atoms with E-state index in [0.29, 0.717) is 11.1 Å². The van der Waals surface area contributed by atoms with Gasteiger partial charge in [0.25, 0.3) is 0 Å². The Balaban J connectivity index is 2.45. The standard InChI is InChI=1S/C12H13ClN2S2/c1-4-5-16-12-14-10(13)8-6-9(7(2)3)17-11(8)15-12/h4,6-7H,1,5H2,2-3H3. The fourth-order valence-electron chi connectivity index (χ4n) is 1.37. The van der Waals surface area contributed by atoms with Crippen LogP contribution in [0.25, 0.3) is 10.2 Å². The third-order valence-corrected chi connectivity index (χ3v) is 4.70. The second-order valence-electron chi connectivity index (χ2n) is 3.92. The summed E-state index contributed by atoms with van der Waals surface area (Å²) in [5, 5.41) is 2.23. The lowest BCUT2D eigenvalue weighted by Crippen LogP contribution is -1.87. The van der Waals surface area contributed by atoms with Gasteiger partial charge in [-0.1, -0.05) is 43.3 Å². The van der Waals surface area contributed by atoms with Gasteiger partial charge in [-0.05, 0) is 12.0 Å². The fraction of sp³-hybridized carbons (Fsp3) is 0.333. The summed E-state index contributed by atoms with van der Waals surface area (Å²) >= 11 is 9.42. The second-order valence-corrected chi connectivity index (χ2v) is 6.33. The first-order valence-corrected chi connectivity index (χ1v) is 7.50. The molecule has 0 amide bonds. The lowest BCUT2D eigenvalue weighted by molar-refractivity contribution is 0.890. The number of hydrogen-bond acceptors (Lipinski definition) is 4. The highest BCUT2D eigenvalue weighted by Crippen LogP contribution is 2.34. The Kier molecular flexibility index (Phi) is 4.07. The van der Waals surface area contributed by atoms with Gasteiger partial charge >= 0.3 is 0 Å². The minimum atomic E-state index is 0.495. The molecule has 2 heterocycles. The van der Waals surface area contributed by atoms with Gasteiger partial charge < -0.3 is 0 Å². The first-order valence-electron chi connectivity index (χ1n) is 5.32. The molecule has 2 aromatic rings. The molecule has 2 aromatic heterocycles. The minimum absolute atomic E-state index is 0.495. The molecule has 90 valence electrons. The summed E-state index contributed by atoms with van der Waals surface area (Å²) < 4.78 is 0. The second kappa shape index (κ2) is 5.38. The van der Waals surface area contributed by atoms with Gasteiger partial charge in [-0.15, -0.1) is 17.9 Å². The number of fused-ring (bicyclic) bond motifs is 1. The average Bonchev–Trinajstić information content (AvgIpc) is 2.71. The molecular weight excluding hydrogens is 272 g/mol. The zero-order chi connectivity index (χ0) is 12.4. The number of thiophene rings is 1. The lowest BCUT2D eigenvalue weighted by atomic mass is 10.2. The maximum atomic E-state index is 6.18. The van der Waals surface area contributed by atoms with E-state index in [0.717, 1.165) is 21.1 Å². The van der Waals surface area contributed by atoms with E-state index in [1.807, 2.05) is 6.08 Å². The van der Waals surface area contributed by atoms with Gasteiger partial charge in [0.2, 0.25) is 0 Å². The highest BCUT2D eigenvalue weighted by Gasteiger charge is 2.12. The molecule has 0 spiro atoms. The predicted molar refractivity (Wildman–Crippen MR) is 77.4 cm³/mol. The van der Waals surface area contributed by atoms with Crippen LogP contribution in [0.15, 0.2) is 23.9 Å². The lowest BCUT2D eigenvalue weighted by Gasteiger charge is -1.98. The molecule has 0 unspecified atom stereocenters. The van der Waals surface area contributed by atoms with Gasteiger partial charge in [-0.3, -0.25) is 0 Å². The SMILES string of the molecule is C=CCSc1nc(Cl)c2cc(C(C)C)sc2n1. The zero-order valence-corrected chi connectivity index (χ0v) is 12.1.